The van der Waals surface area contributed by atoms with Crippen LogP contribution in [0.15, 0.2) is 29.4 Å². The normalized spacial score (nSPS) is 14.5. The van der Waals surface area contributed by atoms with Gasteiger partial charge in [0.05, 0.1) is 6.21 Å². The number of unbranched alkanes of at least 4 members (excludes halogenated alkanes) is 1. The maximum absolute atomic E-state index is 5.29. The first-order valence-electron chi connectivity index (χ1n) is 8.11. The molecule has 2 rings (SSSR count). The zero-order chi connectivity index (χ0) is 15.8. The summed E-state index contributed by atoms with van der Waals surface area (Å²) in [5.74, 6) is 0. The van der Waals surface area contributed by atoms with Crippen molar-refractivity contribution >= 4 is 29.2 Å². The van der Waals surface area contributed by atoms with Crippen LogP contribution in [0.1, 0.15) is 38.2 Å². The number of nitrogens with one attached hydrogen (secondary N) is 1. The van der Waals surface area contributed by atoms with Crippen molar-refractivity contribution < 1.29 is 0 Å². The molecule has 0 atom stereocenters. The Balaban J connectivity index is 1.85. The van der Waals surface area contributed by atoms with Crippen LogP contribution in [0.5, 0.6) is 0 Å². The molecule has 0 saturated carbocycles. The Labute approximate surface area is 139 Å². The Hall–Kier alpha value is -1.62. The molecule has 0 bridgehead atoms. The number of hydrogen-bond acceptors (Lipinski definition) is 3. The third kappa shape index (κ3) is 4.98. The van der Waals surface area contributed by atoms with Crippen molar-refractivity contribution in [3.8, 4) is 0 Å². The van der Waals surface area contributed by atoms with Gasteiger partial charge in [0.15, 0.2) is 5.11 Å². The van der Waals surface area contributed by atoms with Gasteiger partial charge in [-0.25, -0.2) is 5.01 Å². The van der Waals surface area contributed by atoms with Crippen molar-refractivity contribution in [2.75, 3.05) is 31.6 Å². The molecule has 1 fully saturated rings. The van der Waals surface area contributed by atoms with Gasteiger partial charge in [0.1, 0.15) is 0 Å². The van der Waals surface area contributed by atoms with Gasteiger partial charge in [0, 0.05) is 32.4 Å². The summed E-state index contributed by atoms with van der Waals surface area (Å²) in [4.78, 5) is 2.43. The van der Waals surface area contributed by atoms with E-state index >= 15 is 0 Å². The number of anilines is 1. The number of benzene rings is 1. The fraction of sp³-hybridized carbons (Fsp3) is 0.529. The molecular weight excluding hydrogens is 292 g/mol. The predicted molar refractivity (Wildman–Crippen MR) is 98.8 cm³/mol. The average molecular weight is 318 g/mol. The number of hydrazone groups is 1. The van der Waals surface area contributed by atoms with Crippen LogP contribution in [0.4, 0.5) is 5.69 Å². The Morgan fingerprint density at radius 2 is 2.00 bits per heavy atom. The standard InChI is InChI=1S/C17H26N4S/c1-3-4-11-18-17(22)20(2)19-14-15-7-9-16(10-8-15)21-12-5-6-13-21/h7-10,14H,3-6,11-13H2,1-2H3,(H,18,22)/b19-14+. The summed E-state index contributed by atoms with van der Waals surface area (Å²) in [5.41, 5.74) is 2.39. The highest BCUT2D eigenvalue weighted by Gasteiger charge is 2.11. The minimum atomic E-state index is 0.665. The van der Waals surface area contributed by atoms with E-state index in [2.05, 4.69) is 46.5 Å². The Morgan fingerprint density at radius 1 is 1.32 bits per heavy atom. The fourth-order valence-corrected chi connectivity index (χ4v) is 2.59. The molecule has 1 saturated heterocycles. The second kappa shape index (κ2) is 8.73. The van der Waals surface area contributed by atoms with Crippen LogP contribution in [-0.2, 0) is 0 Å². The first-order chi connectivity index (χ1) is 10.7. The minimum absolute atomic E-state index is 0.665. The van der Waals surface area contributed by atoms with Crippen LogP contribution in [-0.4, -0.2) is 43.0 Å². The lowest BCUT2D eigenvalue weighted by atomic mass is 10.2. The summed E-state index contributed by atoms with van der Waals surface area (Å²) < 4.78 is 0. The van der Waals surface area contributed by atoms with Crippen LogP contribution in [0.2, 0.25) is 0 Å². The highest BCUT2D eigenvalue weighted by Crippen LogP contribution is 2.19. The van der Waals surface area contributed by atoms with Gasteiger partial charge in [-0.05, 0) is 49.2 Å². The Kier molecular flexibility index (Phi) is 6.65. The van der Waals surface area contributed by atoms with Crippen molar-refractivity contribution in [2.45, 2.75) is 32.6 Å². The van der Waals surface area contributed by atoms with E-state index in [0.29, 0.717) is 5.11 Å². The van der Waals surface area contributed by atoms with Crippen LogP contribution in [0.25, 0.3) is 0 Å². The maximum Gasteiger partial charge on any atom is 0.189 e. The fourth-order valence-electron chi connectivity index (χ4n) is 2.44. The van der Waals surface area contributed by atoms with Crippen molar-refractivity contribution in [1.29, 1.82) is 0 Å². The quantitative estimate of drug-likeness (QED) is 0.378. The van der Waals surface area contributed by atoms with Crippen molar-refractivity contribution in [3.63, 3.8) is 0 Å². The molecule has 0 amide bonds. The van der Waals surface area contributed by atoms with Gasteiger partial charge in [-0.15, -0.1) is 0 Å². The lowest BCUT2D eigenvalue weighted by molar-refractivity contribution is 0.530. The summed E-state index contributed by atoms with van der Waals surface area (Å²) in [7, 11) is 1.87. The van der Waals surface area contributed by atoms with Crippen LogP contribution in [0.3, 0.4) is 0 Å². The molecule has 0 radical (unpaired) electrons. The molecular formula is C17H26N4S. The second-order valence-corrected chi connectivity index (χ2v) is 6.03. The third-order valence-corrected chi connectivity index (χ3v) is 4.25. The van der Waals surface area contributed by atoms with Gasteiger partial charge < -0.3 is 10.2 Å². The minimum Gasteiger partial charge on any atom is -0.372 e. The van der Waals surface area contributed by atoms with Crippen LogP contribution in [0, 0.1) is 0 Å². The van der Waals surface area contributed by atoms with E-state index in [1.54, 1.807) is 5.01 Å². The summed E-state index contributed by atoms with van der Waals surface area (Å²) in [6.07, 6.45) is 6.73. The van der Waals surface area contributed by atoms with Crippen LogP contribution < -0.4 is 10.2 Å². The topological polar surface area (TPSA) is 30.9 Å². The number of rotatable bonds is 6. The van der Waals surface area contributed by atoms with E-state index in [9.17, 15) is 0 Å². The van der Waals surface area contributed by atoms with E-state index in [1.165, 1.54) is 31.6 Å². The second-order valence-electron chi connectivity index (χ2n) is 5.64. The highest BCUT2D eigenvalue weighted by molar-refractivity contribution is 7.80. The molecule has 1 aromatic rings. The SMILES string of the molecule is CCCCNC(=S)N(C)/N=C/c1ccc(N2CCCC2)cc1. The molecule has 1 heterocycles. The van der Waals surface area contributed by atoms with Gasteiger partial charge >= 0.3 is 0 Å². The van der Waals surface area contributed by atoms with Gasteiger partial charge in [-0.2, -0.15) is 5.10 Å². The molecule has 0 aliphatic carbocycles. The zero-order valence-corrected chi connectivity index (χ0v) is 14.4. The molecule has 1 N–H and O–H groups in total. The first kappa shape index (κ1) is 16.7. The number of nitrogens with zero attached hydrogens (tertiary/aromatic N) is 3. The number of thiocarbonyl (C=S) groups is 1. The molecule has 0 spiro atoms. The Bertz CT molecular complexity index is 492. The molecule has 1 aliphatic heterocycles. The van der Waals surface area contributed by atoms with Gasteiger partial charge in [0.2, 0.25) is 0 Å². The molecule has 120 valence electrons. The largest absolute Gasteiger partial charge is 0.372 e. The van der Waals surface area contributed by atoms with E-state index in [-0.39, 0.29) is 0 Å². The summed E-state index contributed by atoms with van der Waals surface area (Å²) in [5, 5.41) is 9.97. The van der Waals surface area contributed by atoms with E-state index in [1.807, 2.05) is 13.3 Å². The van der Waals surface area contributed by atoms with Crippen molar-refractivity contribution in [1.82, 2.24) is 10.3 Å². The molecule has 22 heavy (non-hydrogen) atoms. The van der Waals surface area contributed by atoms with Crippen molar-refractivity contribution in [3.05, 3.63) is 29.8 Å². The Morgan fingerprint density at radius 3 is 2.64 bits per heavy atom. The lowest BCUT2D eigenvalue weighted by Crippen LogP contribution is -2.34. The summed E-state index contributed by atoms with van der Waals surface area (Å²) >= 11 is 5.29. The molecule has 4 nitrogen and oxygen atoms in total. The monoisotopic (exact) mass is 318 g/mol. The average Bonchev–Trinajstić information content (AvgIpc) is 3.07. The smallest absolute Gasteiger partial charge is 0.189 e. The van der Waals surface area contributed by atoms with Crippen molar-refractivity contribution in [2.24, 2.45) is 5.10 Å². The summed E-state index contributed by atoms with van der Waals surface area (Å²) in [6, 6.07) is 8.56. The highest BCUT2D eigenvalue weighted by atomic mass is 32.1. The maximum atomic E-state index is 5.29. The third-order valence-electron chi connectivity index (χ3n) is 3.84. The zero-order valence-electron chi connectivity index (χ0n) is 13.6. The molecule has 0 unspecified atom stereocenters. The van der Waals surface area contributed by atoms with E-state index < -0.39 is 0 Å². The van der Waals surface area contributed by atoms with Gasteiger partial charge in [-0.1, -0.05) is 25.5 Å². The number of hydrogen-bond donors (Lipinski definition) is 1. The van der Waals surface area contributed by atoms with Gasteiger partial charge in [-0.3, -0.25) is 0 Å². The molecule has 0 aromatic heterocycles. The molecule has 5 heteroatoms. The first-order valence-corrected chi connectivity index (χ1v) is 8.52. The molecule has 1 aliphatic rings. The van der Waals surface area contributed by atoms with E-state index in [4.69, 9.17) is 12.2 Å². The van der Waals surface area contributed by atoms with Crippen LogP contribution >= 0.6 is 12.2 Å². The summed E-state index contributed by atoms with van der Waals surface area (Å²) in [6.45, 7) is 5.42. The predicted octanol–water partition coefficient (Wildman–Crippen LogP) is 3.23. The van der Waals surface area contributed by atoms with E-state index in [0.717, 1.165) is 24.9 Å². The lowest BCUT2D eigenvalue weighted by Gasteiger charge is -2.17. The van der Waals surface area contributed by atoms with Gasteiger partial charge in [0.25, 0.3) is 0 Å². The molecule has 1 aromatic carbocycles.